The summed E-state index contributed by atoms with van der Waals surface area (Å²) in [7, 11) is 0. The van der Waals surface area contributed by atoms with Gasteiger partial charge in [-0.2, -0.15) is 0 Å². The van der Waals surface area contributed by atoms with Gasteiger partial charge >= 0.3 is 5.63 Å². The molecule has 0 spiro atoms. The van der Waals surface area contributed by atoms with Gasteiger partial charge in [-0.1, -0.05) is 0 Å². The fourth-order valence-electron chi connectivity index (χ4n) is 2.06. The maximum Gasteiger partial charge on any atom is 0.336 e. The third-order valence-corrected chi connectivity index (χ3v) is 3.49. The number of rotatable bonds is 4. The quantitative estimate of drug-likeness (QED) is 0.717. The normalized spacial score (nSPS) is 13.6. The average Bonchev–Trinajstić information content (AvgIpc) is 2.83. The molecule has 2 N–H and O–H groups in total. The molecule has 0 saturated carbocycles. The van der Waals surface area contributed by atoms with Gasteiger partial charge < -0.3 is 23.8 Å². The second-order valence-electron chi connectivity index (χ2n) is 5.74. The lowest BCUT2D eigenvalue weighted by atomic mass is 10.0. The molecule has 1 unspecified atom stereocenters. The lowest BCUT2D eigenvalue weighted by Crippen LogP contribution is -2.40. The van der Waals surface area contributed by atoms with Crippen LogP contribution in [0.3, 0.4) is 0 Å². The molecule has 2 heterocycles. The maximum atomic E-state index is 11.3. The van der Waals surface area contributed by atoms with E-state index in [9.17, 15) is 15.0 Å². The van der Waals surface area contributed by atoms with Crippen molar-refractivity contribution in [2.45, 2.75) is 25.6 Å². The van der Waals surface area contributed by atoms with E-state index in [0.717, 1.165) is 10.8 Å². The van der Waals surface area contributed by atoms with E-state index in [1.165, 1.54) is 26.2 Å². The molecule has 3 rings (SSSR count). The Morgan fingerprint density at radius 1 is 1.27 bits per heavy atom. The molecule has 0 amide bonds. The minimum atomic E-state index is -1.28. The molecule has 2 aromatic heterocycles. The summed E-state index contributed by atoms with van der Waals surface area (Å²) >= 11 is 0. The summed E-state index contributed by atoms with van der Waals surface area (Å²) in [5.41, 5.74) is -1.29. The van der Waals surface area contributed by atoms with E-state index in [1.54, 1.807) is 12.1 Å². The molecule has 0 aliphatic rings. The van der Waals surface area contributed by atoms with E-state index in [-0.39, 0.29) is 12.6 Å². The highest BCUT2D eigenvalue weighted by Gasteiger charge is 2.25. The second-order valence-corrected chi connectivity index (χ2v) is 5.74. The molecule has 1 aromatic carbocycles. The van der Waals surface area contributed by atoms with Gasteiger partial charge in [0.2, 0.25) is 0 Å². The van der Waals surface area contributed by atoms with E-state index < -0.39 is 17.3 Å². The van der Waals surface area contributed by atoms with Crippen LogP contribution in [-0.2, 0) is 0 Å². The van der Waals surface area contributed by atoms with Crippen molar-refractivity contribution in [1.82, 2.24) is 0 Å². The minimum absolute atomic E-state index is 0.122. The highest BCUT2D eigenvalue weighted by atomic mass is 16.6. The Hall–Kier alpha value is -2.31. The van der Waals surface area contributed by atoms with Crippen molar-refractivity contribution < 1.29 is 23.8 Å². The van der Waals surface area contributed by atoms with Gasteiger partial charge in [0, 0.05) is 16.8 Å². The van der Waals surface area contributed by atoms with Crippen LogP contribution < -0.4 is 10.4 Å². The van der Waals surface area contributed by atoms with E-state index >= 15 is 0 Å². The van der Waals surface area contributed by atoms with Crippen molar-refractivity contribution in [3.05, 3.63) is 40.9 Å². The molecule has 0 aliphatic heterocycles. The first kappa shape index (κ1) is 14.6. The van der Waals surface area contributed by atoms with Crippen LogP contribution in [0, 0.1) is 0 Å². The number of fused-ring (bicyclic) bond motifs is 2. The molecule has 0 radical (unpaired) electrons. The van der Waals surface area contributed by atoms with Crippen LogP contribution in [0.2, 0.25) is 0 Å². The first-order valence-corrected chi connectivity index (χ1v) is 6.83. The zero-order chi connectivity index (χ0) is 15.9. The van der Waals surface area contributed by atoms with E-state index in [2.05, 4.69) is 0 Å². The zero-order valence-corrected chi connectivity index (χ0v) is 12.2. The van der Waals surface area contributed by atoms with Crippen molar-refractivity contribution in [3.8, 4) is 5.95 Å². The summed E-state index contributed by atoms with van der Waals surface area (Å²) in [4.78, 5) is 11.3. The summed E-state index contributed by atoms with van der Waals surface area (Å²) in [5, 5.41) is 21.7. The SMILES string of the molecule is CC(C)(O)C(O)COc1occ2cc3ccc(=O)oc3cc12. The van der Waals surface area contributed by atoms with Gasteiger partial charge in [-0.3, -0.25) is 0 Å². The lowest BCUT2D eigenvalue weighted by molar-refractivity contribution is -0.0685. The molecule has 6 nitrogen and oxygen atoms in total. The molecule has 0 bridgehead atoms. The molecular formula is C16H16O6. The van der Waals surface area contributed by atoms with Crippen molar-refractivity contribution >= 4 is 21.7 Å². The third kappa shape index (κ3) is 2.70. The lowest BCUT2D eigenvalue weighted by Gasteiger charge is -2.23. The van der Waals surface area contributed by atoms with Crippen LogP contribution in [0.4, 0.5) is 0 Å². The highest BCUT2D eigenvalue weighted by Crippen LogP contribution is 2.31. The fraction of sp³-hybridized carbons (Fsp3) is 0.312. The number of ether oxygens (including phenoxy) is 1. The highest BCUT2D eigenvalue weighted by molar-refractivity contribution is 5.97. The number of aliphatic hydroxyl groups is 2. The fourth-order valence-corrected chi connectivity index (χ4v) is 2.06. The molecule has 0 aliphatic carbocycles. The van der Waals surface area contributed by atoms with Crippen LogP contribution in [-0.4, -0.2) is 28.5 Å². The van der Waals surface area contributed by atoms with E-state index in [1.807, 2.05) is 6.07 Å². The largest absolute Gasteiger partial charge is 0.462 e. The van der Waals surface area contributed by atoms with Crippen LogP contribution in [0.25, 0.3) is 21.7 Å². The summed E-state index contributed by atoms with van der Waals surface area (Å²) in [6.45, 7) is 2.86. The summed E-state index contributed by atoms with van der Waals surface area (Å²) in [6, 6.07) is 6.50. The first-order chi connectivity index (χ1) is 10.3. The van der Waals surface area contributed by atoms with Crippen molar-refractivity contribution in [2.75, 3.05) is 6.61 Å². The molecule has 22 heavy (non-hydrogen) atoms. The molecule has 116 valence electrons. The van der Waals surface area contributed by atoms with Gasteiger partial charge in [0.15, 0.2) is 0 Å². The third-order valence-electron chi connectivity index (χ3n) is 3.49. The van der Waals surface area contributed by atoms with Gasteiger partial charge in [-0.25, -0.2) is 4.79 Å². The van der Waals surface area contributed by atoms with Gasteiger partial charge in [-0.15, -0.1) is 0 Å². The van der Waals surface area contributed by atoms with Gasteiger partial charge in [-0.05, 0) is 32.0 Å². The second kappa shape index (κ2) is 5.15. The monoisotopic (exact) mass is 304 g/mol. The Balaban J connectivity index is 1.95. The Morgan fingerprint density at radius 3 is 2.77 bits per heavy atom. The van der Waals surface area contributed by atoms with Gasteiger partial charge in [0.25, 0.3) is 5.95 Å². The molecule has 1 atom stereocenters. The van der Waals surface area contributed by atoms with E-state index in [0.29, 0.717) is 11.0 Å². The number of hydrogen-bond acceptors (Lipinski definition) is 6. The Kier molecular flexibility index (Phi) is 3.42. The predicted octanol–water partition coefficient (Wildman–Crippen LogP) is 2.05. The number of furan rings is 1. The van der Waals surface area contributed by atoms with E-state index in [4.69, 9.17) is 13.6 Å². The first-order valence-electron chi connectivity index (χ1n) is 6.83. The standard InChI is InChI=1S/C16H16O6/c1-16(2,19)13(17)8-21-15-11-6-12-9(3-4-14(18)22-12)5-10(11)7-20-15/h3-7,13,17,19H,8H2,1-2H3. The van der Waals surface area contributed by atoms with Crippen molar-refractivity contribution in [2.24, 2.45) is 0 Å². The average molecular weight is 304 g/mol. The van der Waals surface area contributed by atoms with Gasteiger partial charge in [0.05, 0.1) is 11.0 Å². The number of aliphatic hydroxyl groups excluding tert-OH is 1. The molecule has 3 aromatic rings. The molecule has 0 saturated heterocycles. The topological polar surface area (TPSA) is 93.0 Å². The summed E-state index contributed by atoms with van der Waals surface area (Å²) in [5.74, 6) is 0.201. The smallest absolute Gasteiger partial charge is 0.336 e. The van der Waals surface area contributed by atoms with Gasteiger partial charge in [0.1, 0.15) is 24.6 Å². The molecular weight excluding hydrogens is 288 g/mol. The molecule has 0 fully saturated rings. The van der Waals surface area contributed by atoms with Crippen molar-refractivity contribution in [1.29, 1.82) is 0 Å². The van der Waals surface area contributed by atoms with Crippen LogP contribution in [0.1, 0.15) is 13.8 Å². The molecule has 6 heteroatoms. The summed E-state index contributed by atoms with van der Waals surface area (Å²) < 4.78 is 15.9. The zero-order valence-electron chi connectivity index (χ0n) is 12.2. The predicted molar refractivity (Wildman–Crippen MR) is 80.1 cm³/mol. The summed E-state index contributed by atoms with van der Waals surface area (Å²) in [6.07, 6.45) is 0.456. The minimum Gasteiger partial charge on any atom is -0.462 e. The van der Waals surface area contributed by atoms with Crippen LogP contribution in [0.15, 0.2) is 44.2 Å². The Morgan fingerprint density at radius 2 is 2.05 bits per heavy atom. The van der Waals surface area contributed by atoms with Crippen LogP contribution in [0.5, 0.6) is 5.95 Å². The maximum absolute atomic E-state index is 11.3. The van der Waals surface area contributed by atoms with Crippen molar-refractivity contribution in [3.63, 3.8) is 0 Å². The van der Waals surface area contributed by atoms with Crippen LogP contribution >= 0.6 is 0 Å². The Bertz CT molecular complexity index is 868. The number of hydrogen-bond donors (Lipinski definition) is 2. The number of benzene rings is 1. The Labute approximate surface area is 125 Å².